The quantitative estimate of drug-likeness (QED) is 0.507. The van der Waals surface area contributed by atoms with Gasteiger partial charge in [-0.1, -0.05) is 36.4 Å². The predicted octanol–water partition coefficient (Wildman–Crippen LogP) is 5.23. The lowest BCUT2D eigenvalue weighted by Gasteiger charge is -2.23. The third kappa shape index (κ3) is 2.83. The average molecular weight is 346 g/mol. The van der Waals surface area contributed by atoms with Gasteiger partial charge in [0.1, 0.15) is 11.0 Å². The molecule has 0 bridgehead atoms. The Morgan fingerprint density at radius 2 is 1.00 bits per heavy atom. The minimum atomic E-state index is 0.927. The molecule has 1 heterocycles. The molecule has 4 aromatic rings. The summed E-state index contributed by atoms with van der Waals surface area (Å²) in [6, 6.07) is 24.8. The molecule has 124 valence electrons. The van der Waals surface area contributed by atoms with E-state index >= 15 is 0 Å². The number of rotatable bonds is 4. The van der Waals surface area contributed by atoms with E-state index in [1.807, 2.05) is 36.4 Å². The molecule has 4 nitrogen and oxygen atoms in total. The highest BCUT2D eigenvalue weighted by atomic mass is 32.1. The van der Waals surface area contributed by atoms with Crippen molar-refractivity contribution in [3.8, 4) is 0 Å². The van der Waals surface area contributed by atoms with Gasteiger partial charge in [-0.2, -0.15) is 8.75 Å². The highest BCUT2D eigenvalue weighted by Crippen LogP contribution is 2.37. The number of aromatic nitrogens is 2. The van der Waals surface area contributed by atoms with Gasteiger partial charge < -0.3 is 9.80 Å². The largest absolute Gasteiger partial charge is 0.343 e. The van der Waals surface area contributed by atoms with Crippen molar-refractivity contribution >= 4 is 45.5 Å². The lowest BCUT2D eigenvalue weighted by Crippen LogP contribution is -2.12. The summed E-state index contributed by atoms with van der Waals surface area (Å²) in [7, 11) is 4.12. The first kappa shape index (κ1) is 15.6. The maximum absolute atomic E-state index is 4.56. The molecule has 25 heavy (non-hydrogen) atoms. The van der Waals surface area contributed by atoms with Gasteiger partial charge in [0, 0.05) is 25.5 Å². The summed E-state index contributed by atoms with van der Waals surface area (Å²) in [6.07, 6.45) is 0. The molecule has 0 fully saturated rings. The zero-order chi connectivity index (χ0) is 17.2. The lowest BCUT2D eigenvalue weighted by molar-refractivity contribution is 1.20. The molecule has 0 aliphatic rings. The Morgan fingerprint density at radius 3 is 1.40 bits per heavy atom. The predicted molar refractivity (Wildman–Crippen MR) is 106 cm³/mol. The molecule has 0 aliphatic heterocycles. The van der Waals surface area contributed by atoms with Crippen LogP contribution in [-0.2, 0) is 0 Å². The maximum Gasteiger partial charge on any atom is 0.130 e. The number of fused-ring (bicyclic) bond motifs is 1. The number of nitrogens with zero attached hydrogens (tertiary/aromatic N) is 4. The molecule has 1 aromatic heterocycles. The van der Waals surface area contributed by atoms with E-state index in [0.29, 0.717) is 0 Å². The van der Waals surface area contributed by atoms with E-state index in [1.54, 1.807) is 0 Å². The van der Waals surface area contributed by atoms with Crippen LogP contribution in [-0.4, -0.2) is 22.8 Å². The van der Waals surface area contributed by atoms with E-state index in [0.717, 1.165) is 33.8 Å². The first-order valence-electron chi connectivity index (χ1n) is 8.08. The minimum Gasteiger partial charge on any atom is -0.343 e. The molecule has 0 aliphatic carbocycles. The van der Waals surface area contributed by atoms with Gasteiger partial charge in [-0.15, -0.1) is 0 Å². The Balaban J connectivity index is 1.80. The molecule has 0 amide bonds. The Kier molecular flexibility index (Phi) is 4.07. The van der Waals surface area contributed by atoms with Crippen molar-refractivity contribution in [1.82, 2.24) is 8.75 Å². The zero-order valence-corrected chi connectivity index (χ0v) is 14.9. The molecule has 5 heteroatoms. The lowest BCUT2D eigenvalue weighted by atomic mass is 10.1. The Hall–Kier alpha value is -2.92. The summed E-state index contributed by atoms with van der Waals surface area (Å²) in [5.74, 6) is 0. The highest BCUT2D eigenvalue weighted by Gasteiger charge is 2.17. The second kappa shape index (κ2) is 6.53. The second-order valence-corrected chi connectivity index (χ2v) is 6.38. The van der Waals surface area contributed by atoms with Crippen molar-refractivity contribution in [2.45, 2.75) is 0 Å². The third-order valence-corrected chi connectivity index (χ3v) is 4.91. The standard InChI is InChI=1S/C20H18N4S/c1-23(15-9-5-3-6-10-15)17-13-14-18(20-19(17)21-25-22-20)24(2)16-11-7-4-8-12-16/h3-14H,1-2H3. The van der Waals surface area contributed by atoms with Crippen molar-refractivity contribution in [3.63, 3.8) is 0 Å². The Labute approximate surface area is 151 Å². The molecule has 0 unspecified atom stereocenters. The van der Waals surface area contributed by atoms with Crippen molar-refractivity contribution in [2.75, 3.05) is 23.9 Å². The van der Waals surface area contributed by atoms with Crippen LogP contribution in [0.5, 0.6) is 0 Å². The smallest absolute Gasteiger partial charge is 0.130 e. The van der Waals surface area contributed by atoms with E-state index in [9.17, 15) is 0 Å². The SMILES string of the molecule is CN(c1ccccc1)c1ccc(N(C)c2ccccc2)c2nsnc12. The van der Waals surface area contributed by atoms with Crippen LogP contribution in [0.3, 0.4) is 0 Å². The van der Waals surface area contributed by atoms with E-state index in [4.69, 9.17) is 0 Å². The molecule has 3 aromatic carbocycles. The van der Waals surface area contributed by atoms with E-state index in [2.05, 4.69) is 69.0 Å². The summed E-state index contributed by atoms with van der Waals surface area (Å²) in [5, 5.41) is 0. The van der Waals surface area contributed by atoms with Crippen LogP contribution in [0.1, 0.15) is 0 Å². The van der Waals surface area contributed by atoms with Crippen LogP contribution in [0.15, 0.2) is 72.8 Å². The monoisotopic (exact) mass is 346 g/mol. The molecule has 4 rings (SSSR count). The van der Waals surface area contributed by atoms with E-state index < -0.39 is 0 Å². The average Bonchev–Trinajstić information content (AvgIpc) is 3.17. The van der Waals surface area contributed by atoms with Crippen LogP contribution in [0.25, 0.3) is 11.0 Å². The van der Waals surface area contributed by atoms with Gasteiger partial charge in [0.05, 0.1) is 23.1 Å². The van der Waals surface area contributed by atoms with Crippen LogP contribution in [0.4, 0.5) is 22.7 Å². The van der Waals surface area contributed by atoms with Gasteiger partial charge in [0.25, 0.3) is 0 Å². The topological polar surface area (TPSA) is 32.3 Å². The van der Waals surface area contributed by atoms with E-state index in [1.165, 1.54) is 11.7 Å². The van der Waals surface area contributed by atoms with Crippen molar-refractivity contribution in [3.05, 3.63) is 72.8 Å². The van der Waals surface area contributed by atoms with Crippen molar-refractivity contribution in [2.24, 2.45) is 0 Å². The fraction of sp³-hybridized carbons (Fsp3) is 0.100. The van der Waals surface area contributed by atoms with Crippen molar-refractivity contribution in [1.29, 1.82) is 0 Å². The third-order valence-electron chi connectivity index (χ3n) is 4.38. The number of hydrogen-bond acceptors (Lipinski definition) is 5. The van der Waals surface area contributed by atoms with Crippen LogP contribution in [0, 0.1) is 0 Å². The van der Waals surface area contributed by atoms with Crippen LogP contribution >= 0.6 is 11.7 Å². The summed E-state index contributed by atoms with van der Waals surface area (Å²) in [6.45, 7) is 0. The van der Waals surface area contributed by atoms with Crippen LogP contribution < -0.4 is 9.80 Å². The summed E-state index contributed by atoms with van der Waals surface area (Å²) in [4.78, 5) is 4.30. The molecule has 0 atom stereocenters. The molecule has 0 spiro atoms. The summed E-state index contributed by atoms with van der Waals surface area (Å²) in [5.41, 5.74) is 6.22. The van der Waals surface area contributed by atoms with Gasteiger partial charge in [-0.25, -0.2) is 0 Å². The minimum absolute atomic E-state index is 0.927. The fourth-order valence-corrected chi connectivity index (χ4v) is 3.53. The van der Waals surface area contributed by atoms with Gasteiger partial charge >= 0.3 is 0 Å². The number of para-hydroxylation sites is 2. The molecule has 0 N–H and O–H groups in total. The summed E-state index contributed by atoms with van der Waals surface area (Å²) < 4.78 is 9.13. The molecular weight excluding hydrogens is 328 g/mol. The number of benzene rings is 3. The Morgan fingerprint density at radius 1 is 0.600 bits per heavy atom. The summed E-state index contributed by atoms with van der Waals surface area (Å²) >= 11 is 1.25. The number of hydrogen-bond donors (Lipinski definition) is 0. The normalized spacial score (nSPS) is 10.8. The molecule has 0 saturated heterocycles. The number of anilines is 4. The van der Waals surface area contributed by atoms with Gasteiger partial charge in [0.15, 0.2) is 0 Å². The molecule has 0 radical (unpaired) electrons. The second-order valence-electron chi connectivity index (χ2n) is 5.85. The zero-order valence-electron chi connectivity index (χ0n) is 14.1. The molecular formula is C20H18N4S. The van der Waals surface area contributed by atoms with Gasteiger partial charge in [-0.3, -0.25) is 0 Å². The van der Waals surface area contributed by atoms with E-state index in [-0.39, 0.29) is 0 Å². The van der Waals surface area contributed by atoms with Gasteiger partial charge in [-0.05, 0) is 36.4 Å². The van der Waals surface area contributed by atoms with Crippen molar-refractivity contribution < 1.29 is 0 Å². The van der Waals surface area contributed by atoms with Gasteiger partial charge in [0.2, 0.25) is 0 Å². The molecule has 0 saturated carbocycles. The Bertz CT molecular complexity index is 903. The van der Waals surface area contributed by atoms with Crippen LogP contribution in [0.2, 0.25) is 0 Å². The first-order valence-corrected chi connectivity index (χ1v) is 8.81. The maximum atomic E-state index is 4.56. The first-order chi connectivity index (χ1) is 12.3. The fourth-order valence-electron chi connectivity index (χ4n) is 2.96. The highest BCUT2D eigenvalue weighted by molar-refractivity contribution is 7.00.